The van der Waals surface area contributed by atoms with Gasteiger partial charge in [-0.2, -0.15) is 0 Å². The molecule has 2 heteroatoms. The molecule has 1 radical (unpaired) electrons. The van der Waals surface area contributed by atoms with E-state index in [4.69, 9.17) is 0 Å². The monoisotopic (exact) mass is 212 g/mol. The first-order valence-electron chi connectivity index (χ1n) is 6.38. The molecule has 0 atom stereocenters. The molecule has 0 rings (SSSR count). The normalized spacial score (nSPS) is 10.3. The minimum Gasteiger partial charge on any atom is -0.356 e. The first-order chi connectivity index (χ1) is 7.31. The zero-order valence-corrected chi connectivity index (χ0v) is 10.3. The minimum atomic E-state index is 0.0537. The van der Waals surface area contributed by atoms with E-state index >= 15 is 0 Å². The lowest BCUT2D eigenvalue weighted by Crippen LogP contribution is -2.23. The predicted octanol–water partition coefficient (Wildman–Crippen LogP) is 3.47. The lowest BCUT2D eigenvalue weighted by molar-refractivity contribution is -0.117. The SMILES string of the molecule is C[CH]C(=O)NCCCCCCCCCC. The number of amides is 1. The lowest BCUT2D eigenvalue weighted by Gasteiger charge is -2.03. The Morgan fingerprint density at radius 2 is 1.53 bits per heavy atom. The van der Waals surface area contributed by atoms with Crippen LogP contribution < -0.4 is 5.32 Å². The van der Waals surface area contributed by atoms with Crippen molar-refractivity contribution < 1.29 is 4.79 Å². The molecule has 0 aliphatic heterocycles. The van der Waals surface area contributed by atoms with Gasteiger partial charge in [-0.1, -0.05) is 58.8 Å². The van der Waals surface area contributed by atoms with Gasteiger partial charge in [0.25, 0.3) is 0 Å². The van der Waals surface area contributed by atoms with Gasteiger partial charge < -0.3 is 5.32 Å². The number of hydrogen-bond donors (Lipinski definition) is 1. The average molecular weight is 212 g/mol. The summed E-state index contributed by atoms with van der Waals surface area (Å²) in [7, 11) is 0. The smallest absolute Gasteiger partial charge is 0.223 e. The molecule has 89 valence electrons. The van der Waals surface area contributed by atoms with Gasteiger partial charge in [0.1, 0.15) is 0 Å². The highest BCUT2D eigenvalue weighted by molar-refractivity contribution is 5.83. The van der Waals surface area contributed by atoms with Gasteiger partial charge in [0, 0.05) is 13.0 Å². The van der Waals surface area contributed by atoms with E-state index in [-0.39, 0.29) is 5.91 Å². The quantitative estimate of drug-likeness (QED) is 0.552. The van der Waals surface area contributed by atoms with Crippen LogP contribution in [-0.2, 0) is 4.79 Å². The van der Waals surface area contributed by atoms with E-state index in [1.54, 1.807) is 13.3 Å². The highest BCUT2D eigenvalue weighted by Crippen LogP contribution is 2.07. The van der Waals surface area contributed by atoms with Gasteiger partial charge >= 0.3 is 0 Å². The van der Waals surface area contributed by atoms with Crippen molar-refractivity contribution >= 4 is 5.91 Å². The molecule has 0 saturated carbocycles. The van der Waals surface area contributed by atoms with Crippen LogP contribution in [0.25, 0.3) is 0 Å². The van der Waals surface area contributed by atoms with Crippen molar-refractivity contribution in [1.29, 1.82) is 0 Å². The van der Waals surface area contributed by atoms with Crippen LogP contribution in [0.4, 0.5) is 0 Å². The molecule has 0 aliphatic rings. The van der Waals surface area contributed by atoms with Crippen LogP contribution in [-0.4, -0.2) is 12.5 Å². The van der Waals surface area contributed by atoms with E-state index < -0.39 is 0 Å². The maximum absolute atomic E-state index is 10.9. The molecule has 2 nitrogen and oxygen atoms in total. The second-order valence-corrected chi connectivity index (χ2v) is 4.05. The first-order valence-corrected chi connectivity index (χ1v) is 6.38. The molecule has 0 aromatic rings. The van der Waals surface area contributed by atoms with Crippen LogP contribution >= 0.6 is 0 Å². The Morgan fingerprint density at radius 1 is 1.00 bits per heavy atom. The van der Waals surface area contributed by atoms with Crippen molar-refractivity contribution in [3.63, 3.8) is 0 Å². The van der Waals surface area contributed by atoms with E-state index in [1.165, 1.54) is 44.9 Å². The van der Waals surface area contributed by atoms with Gasteiger partial charge in [-0.25, -0.2) is 0 Å². The fourth-order valence-electron chi connectivity index (χ4n) is 1.57. The fourth-order valence-corrected chi connectivity index (χ4v) is 1.57. The zero-order chi connectivity index (χ0) is 11.4. The van der Waals surface area contributed by atoms with Crippen LogP contribution in [0.15, 0.2) is 0 Å². The maximum atomic E-state index is 10.9. The average Bonchev–Trinajstić information content (AvgIpc) is 2.26. The molecule has 0 fully saturated rings. The number of unbranched alkanes of at least 4 members (excludes halogenated alkanes) is 7. The van der Waals surface area contributed by atoms with Crippen LogP contribution in [0.5, 0.6) is 0 Å². The Hall–Kier alpha value is -0.530. The Morgan fingerprint density at radius 3 is 2.07 bits per heavy atom. The summed E-state index contributed by atoms with van der Waals surface area (Å²) in [6, 6.07) is 0. The third-order valence-electron chi connectivity index (χ3n) is 2.59. The van der Waals surface area contributed by atoms with Crippen molar-refractivity contribution in [2.75, 3.05) is 6.54 Å². The van der Waals surface area contributed by atoms with Crippen LogP contribution in [0.2, 0.25) is 0 Å². The third kappa shape index (κ3) is 11.4. The molecule has 0 bridgehead atoms. The van der Waals surface area contributed by atoms with Crippen molar-refractivity contribution in [2.45, 2.75) is 65.2 Å². The summed E-state index contributed by atoms with van der Waals surface area (Å²) in [5.74, 6) is 0.0537. The van der Waals surface area contributed by atoms with E-state index in [2.05, 4.69) is 12.2 Å². The number of carbonyl (C=O) groups is 1. The summed E-state index contributed by atoms with van der Waals surface area (Å²) in [4.78, 5) is 10.9. The van der Waals surface area contributed by atoms with Gasteiger partial charge in [0.2, 0.25) is 5.91 Å². The molecule has 0 aromatic carbocycles. The molecule has 1 N–H and O–H groups in total. The largest absolute Gasteiger partial charge is 0.356 e. The first kappa shape index (κ1) is 14.5. The molecule has 0 saturated heterocycles. The molecule has 1 amide bonds. The summed E-state index contributed by atoms with van der Waals surface area (Å²) < 4.78 is 0. The summed E-state index contributed by atoms with van der Waals surface area (Å²) in [5.41, 5.74) is 0. The summed E-state index contributed by atoms with van der Waals surface area (Å²) in [6.07, 6.45) is 12.1. The third-order valence-corrected chi connectivity index (χ3v) is 2.59. The Balaban J connectivity index is 2.95. The van der Waals surface area contributed by atoms with Crippen molar-refractivity contribution in [3.8, 4) is 0 Å². The molecule has 0 aromatic heterocycles. The van der Waals surface area contributed by atoms with Crippen LogP contribution in [0, 0.1) is 6.42 Å². The highest BCUT2D eigenvalue weighted by atomic mass is 16.1. The molecular formula is C13H26NO. The maximum Gasteiger partial charge on any atom is 0.223 e. The number of hydrogen-bond acceptors (Lipinski definition) is 1. The summed E-state index contributed by atoms with van der Waals surface area (Å²) in [5, 5.41) is 2.85. The highest BCUT2D eigenvalue weighted by Gasteiger charge is 1.95. The van der Waals surface area contributed by atoms with Gasteiger partial charge in [-0.15, -0.1) is 0 Å². The number of nitrogens with one attached hydrogen (secondary N) is 1. The fraction of sp³-hybridized carbons (Fsp3) is 0.846. The molecular weight excluding hydrogens is 186 g/mol. The van der Waals surface area contributed by atoms with Gasteiger partial charge in [-0.05, 0) is 6.42 Å². The topological polar surface area (TPSA) is 29.1 Å². The molecule has 0 unspecified atom stereocenters. The molecule has 0 spiro atoms. The number of carbonyl (C=O) groups excluding carboxylic acids is 1. The second-order valence-electron chi connectivity index (χ2n) is 4.05. The van der Waals surface area contributed by atoms with Crippen LogP contribution in [0.1, 0.15) is 65.2 Å². The Labute approximate surface area is 94.8 Å². The van der Waals surface area contributed by atoms with Crippen LogP contribution in [0.3, 0.4) is 0 Å². The second kappa shape index (κ2) is 11.5. The van der Waals surface area contributed by atoms with Gasteiger partial charge in [0.05, 0.1) is 0 Å². The Kier molecular flexibility index (Phi) is 11.1. The molecule has 15 heavy (non-hydrogen) atoms. The minimum absolute atomic E-state index is 0.0537. The standard InChI is InChI=1S/C13H26NO/c1-3-5-6-7-8-9-10-11-12-14-13(15)4-2/h4H,3,5-12H2,1-2H3,(H,14,15). The number of rotatable bonds is 10. The van der Waals surface area contributed by atoms with Crippen molar-refractivity contribution in [3.05, 3.63) is 6.42 Å². The zero-order valence-electron chi connectivity index (χ0n) is 10.3. The van der Waals surface area contributed by atoms with E-state index in [9.17, 15) is 4.79 Å². The molecule has 0 aliphatic carbocycles. The van der Waals surface area contributed by atoms with Gasteiger partial charge in [-0.3, -0.25) is 4.79 Å². The summed E-state index contributed by atoms with van der Waals surface area (Å²) in [6.45, 7) is 4.84. The molecule has 0 heterocycles. The van der Waals surface area contributed by atoms with Crippen molar-refractivity contribution in [2.24, 2.45) is 0 Å². The van der Waals surface area contributed by atoms with E-state index in [0.717, 1.165) is 13.0 Å². The van der Waals surface area contributed by atoms with Gasteiger partial charge in [0.15, 0.2) is 0 Å². The predicted molar refractivity (Wildman–Crippen MR) is 65.6 cm³/mol. The van der Waals surface area contributed by atoms with E-state index in [1.807, 2.05) is 0 Å². The lowest BCUT2D eigenvalue weighted by atomic mass is 10.1. The Bertz CT molecular complexity index is 145. The summed E-state index contributed by atoms with van der Waals surface area (Å²) >= 11 is 0. The van der Waals surface area contributed by atoms with Crippen molar-refractivity contribution in [1.82, 2.24) is 5.32 Å². The van der Waals surface area contributed by atoms with E-state index in [0.29, 0.717) is 0 Å².